The Labute approximate surface area is 107 Å². The smallest absolute Gasteiger partial charge is 0.263 e. The molecule has 0 bridgehead atoms. The van der Waals surface area contributed by atoms with Gasteiger partial charge in [-0.25, -0.2) is 4.98 Å². The lowest BCUT2D eigenvalue weighted by Gasteiger charge is -2.21. The second-order valence-corrected chi connectivity index (χ2v) is 4.63. The third-order valence-electron chi connectivity index (χ3n) is 3.09. The van der Waals surface area contributed by atoms with E-state index in [0.29, 0.717) is 11.6 Å². The maximum absolute atomic E-state index is 12.1. The molecule has 1 aliphatic rings. The molecule has 1 amide bonds. The molecule has 1 aromatic rings. The van der Waals surface area contributed by atoms with Gasteiger partial charge in [0.2, 0.25) is 0 Å². The first-order valence-corrected chi connectivity index (χ1v) is 6.26. The number of rotatable bonds is 3. The van der Waals surface area contributed by atoms with E-state index in [1.165, 1.54) is 0 Å². The number of nitrogens with two attached hydrogens (primary N) is 1. The number of anilines is 1. The van der Waals surface area contributed by atoms with Gasteiger partial charge >= 0.3 is 0 Å². The van der Waals surface area contributed by atoms with Gasteiger partial charge in [0.25, 0.3) is 5.91 Å². The van der Waals surface area contributed by atoms with E-state index in [0.717, 1.165) is 31.6 Å². The van der Waals surface area contributed by atoms with Crippen LogP contribution in [0, 0.1) is 6.92 Å². The highest BCUT2D eigenvalue weighted by molar-refractivity contribution is 5.81. The topological polar surface area (TPSA) is 68.5 Å². The molecule has 0 saturated carbocycles. The Kier molecular flexibility index (Phi) is 3.69. The summed E-state index contributed by atoms with van der Waals surface area (Å²) in [6, 6.07) is 3.57. The van der Waals surface area contributed by atoms with E-state index in [2.05, 4.69) is 4.98 Å². The van der Waals surface area contributed by atoms with Crippen LogP contribution in [0.1, 0.15) is 25.5 Å². The van der Waals surface area contributed by atoms with Crippen LogP contribution < -0.4 is 10.5 Å². The second kappa shape index (κ2) is 5.25. The van der Waals surface area contributed by atoms with Gasteiger partial charge in [0.15, 0.2) is 17.7 Å². The Morgan fingerprint density at radius 2 is 2.11 bits per heavy atom. The predicted molar refractivity (Wildman–Crippen MR) is 69.3 cm³/mol. The van der Waals surface area contributed by atoms with Crippen molar-refractivity contribution in [3.05, 3.63) is 17.8 Å². The van der Waals surface area contributed by atoms with E-state index in [-0.39, 0.29) is 5.91 Å². The molecule has 1 saturated heterocycles. The second-order valence-electron chi connectivity index (χ2n) is 4.63. The minimum absolute atomic E-state index is 0.0208. The summed E-state index contributed by atoms with van der Waals surface area (Å²) in [6.45, 7) is 5.27. The van der Waals surface area contributed by atoms with Crippen LogP contribution in [-0.2, 0) is 4.79 Å². The van der Waals surface area contributed by atoms with Crippen LogP contribution in [-0.4, -0.2) is 35.0 Å². The van der Waals surface area contributed by atoms with Gasteiger partial charge in [0, 0.05) is 18.8 Å². The largest absolute Gasteiger partial charge is 0.477 e. The zero-order chi connectivity index (χ0) is 13.1. The normalized spacial score (nSPS) is 16.7. The van der Waals surface area contributed by atoms with Gasteiger partial charge in [0.05, 0.1) is 0 Å². The Hall–Kier alpha value is -1.78. The molecule has 0 spiro atoms. The molecule has 18 heavy (non-hydrogen) atoms. The SMILES string of the molecule is Cc1ccc(OC(C)C(=O)N2CCCC2)c(N)n1. The van der Waals surface area contributed by atoms with E-state index >= 15 is 0 Å². The number of aromatic nitrogens is 1. The summed E-state index contributed by atoms with van der Waals surface area (Å²) in [5.74, 6) is 0.823. The molecule has 5 nitrogen and oxygen atoms in total. The molecule has 1 atom stereocenters. The Morgan fingerprint density at radius 3 is 2.72 bits per heavy atom. The minimum atomic E-state index is -0.519. The average molecular weight is 249 g/mol. The van der Waals surface area contributed by atoms with Crippen LogP contribution in [0.4, 0.5) is 5.82 Å². The standard InChI is InChI=1S/C13H19N3O2/c1-9-5-6-11(12(14)15-9)18-10(2)13(17)16-7-3-4-8-16/h5-6,10H,3-4,7-8H2,1-2H3,(H2,14,15). The van der Waals surface area contributed by atoms with Crippen LogP contribution in [0.25, 0.3) is 0 Å². The minimum Gasteiger partial charge on any atom is -0.477 e. The Morgan fingerprint density at radius 1 is 1.44 bits per heavy atom. The molecule has 2 heterocycles. The number of pyridine rings is 1. The van der Waals surface area contributed by atoms with E-state index in [9.17, 15) is 4.79 Å². The molecule has 2 N–H and O–H groups in total. The van der Waals surface area contributed by atoms with Crippen molar-refractivity contribution in [3.63, 3.8) is 0 Å². The molecule has 5 heteroatoms. The quantitative estimate of drug-likeness (QED) is 0.878. The number of hydrogen-bond donors (Lipinski definition) is 1. The molecule has 1 aromatic heterocycles. The maximum atomic E-state index is 12.1. The third kappa shape index (κ3) is 2.72. The molecule has 1 aliphatic heterocycles. The van der Waals surface area contributed by atoms with Crippen molar-refractivity contribution in [2.75, 3.05) is 18.8 Å². The summed E-state index contributed by atoms with van der Waals surface area (Å²) in [5.41, 5.74) is 6.59. The van der Waals surface area contributed by atoms with Crippen molar-refractivity contribution in [3.8, 4) is 5.75 Å². The van der Waals surface area contributed by atoms with E-state index in [4.69, 9.17) is 10.5 Å². The van der Waals surface area contributed by atoms with Crippen LogP contribution in [0.2, 0.25) is 0 Å². The van der Waals surface area contributed by atoms with Gasteiger partial charge in [-0.05, 0) is 38.8 Å². The van der Waals surface area contributed by atoms with Crippen LogP contribution >= 0.6 is 0 Å². The van der Waals surface area contributed by atoms with Gasteiger partial charge in [-0.2, -0.15) is 0 Å². The molecule has 0 radical (unpaired) electrons. The summed E-state index contributed by atoms with van der Waals surface area (Å²) < 4.78 is 5.60. The summed E-state index contributed by atoms with van der Waals surface area (Å²) in [7, 11) is 0. The number of carbonyl (C=O) groups excluding carboxylic acids is 1. The van der Waals surface area contributed by atoms with E-state index < -0.39 is 6.10 Å². The fraction of sp³-hybridized carbons (Fsp3) is 0.538. The first-order valence-electron chi connectivity index (χ1n) is 6.26. The number of aryl methyl sites for hydroxylation is 1. The number of likely N-dealkylation sites (tertiary alicyclic amines) is 1. The first kappa shape index (κ1) is 12.7. The lowest BCUT2D eigenvalue weighted by Crippen LogP contribution is -2.38. The molecular formula is C13H19N3O2. The van der Waals surface area contributed by atoms with E-state index in [1.54, 1.807) is 13.0 Å². The predicted octanol–water partition coefficient (Wildman–Crippen LogP) is 1.36. The Balaban J connectivity index is 2.01. The molecule has 1 unspecified atom stereocenters. The molecule has 0 aromatic carbocycles. The summed E-state index contributed by atoms with van der Waals surface area (Å²) in [5, 5.41) is 0. The highest BCUT2D eigenvalue weighted by atomic mass is 16.5. The molecule has 1 fully saturated rings. The fourth-order valence-corrected chi connectivity index (χ4v) is 2.10. The van der Waals surface area contributed by atoms with Gasteiger partial charge < -0.3 is 15.4 Å². The van der Waals surface area contributed by atoms with Crippen LogP contribution in [0.15, 0.2) is 12.1 Å². The number of hydrogen-bond acceptors (Lipinski definition) is 4. The monoisotopic (exact) mass is 249 g/mol. The molecule has 98 valence electrons. The average Bonchev–Trinajstić information content (AvgIpc) is 2.85. The fourth-order valence-electron chi connectivity index (χ4n) is 2.10. The van der Waals surface area contributed by atoms with E-state index in [1.807, 2.05) is 17.9 Å². The summed E-state index contributed by atoms with van der Waals surface area (Å²) in [4.78, 5) is 18.0. The number of nitrogens with zero attached hydrogens (tertiary/aromatic N) is 2. The maximum Gasteiger partial charge on any atom is 0.263 e. The van der Waals surface area contributed by atoms with Crippen molar-refractivity contribution >= 4 is 11.7 Å². The number of ether oxygens (including phenoxy) is 1. The number of carbonyl (C=O) groups is 1. The third-order valence-corrected chi connectivity index (χ3v) is 3.09. The Bertz CT molecular complexity index is 442. The lowest BCUT2D eigenvalue weighted by atomic mass is 10.3. The van der Waals surface area contributed by atoms with Gasteiger partial charge in [-0.3, -0.25) is 4.79 Å². The van der Waals surface area contributed by atoms with Crippen molar-refractivity contribution in [1.29, 1.82) is 0 Å². The highest BCUT2D eigenvalue weighted by Crippen LogP contribution is 2.21. The zero-order valence-electron chi connectivity index (χ0n) is 10.8. The molecule has 2 rings (SSSR count). The molecule has 0 aliphatic carbocycles. The van der Waals surface area contributed by atoms with Crippen LogP contribution in [0.3, 0.4) is 0 Å². The highest BCUT2D eigenvalue weighted by Gasteiger charge is 2.24. The van der Waals surface area contributed by atoms with Crippen molar-refractivity contribution in [2.45, 2.75) is 32.8 Å². The van der Waals surface area contributed by atoms with Gasteiger partial charge in [-0.15, -0.1) is 0 Å². The molecular weight excluding hydrogens is 230 g/mol. The van der Waals surface area contributed by atoms with Crippen molar-refractivity contribution in [2.24, 2.45) is 0 Å². The lowest BCUT2D eigenvalue weighted by molar-refractivity contribution is -0.136. The number of amides is 1. The van der Waals surface area contributed by atoms with Crippen LogP contribution in [0.5, 0.6) is 5.75 Å². The summed E-state index contributed by atoms with van der Waals surface area (Å²) in [6.07, 6.45) is 1.63. The van der Waals surface area contributed by atoms with Crippen molar-refractivity contribution in [1.82, 2.24) is 9.88 Å². The zero-order valence-corrected chi connectivity index (χ0v) is 10.8. The summed E-state index contributed by atoms with van der Waals surface area (Å²) >= 11 is 0. The van der Waals surface area contributed by atoms with Gasteiger partial charge in [0.1, 0.15) is 0 Å². The van der Waals surface area contributed by atoms with Gasteiger partial charge in [-0.1, -0.05) is 0 Å². The first-order chi connectivity index (χ1) is 8.58. The van der Waals surface area contributed by atoms with Crippen molar-refractivity contribution < 1.29 is 9.53 Å². The number of nitrogen functional groups attached to an aromatic ring is 1.